The van der Waals surface area contributed by atoms with Gasteiger partial charge in [-0.15, -0.1) is 10.2 Å². The first kappa shape index (κ1) is 17.5. The molecule has 0 unspecified atom stereocenters. The number of hydrogen-bond acceptors (Lipinski definition) is 5. The second-order valence-corrected chi connectivity index (χ2v) is 8.05. The molecule has 1 N–H and O–H groups in total. The Hall–Kier alpha value is -2.32. The van der Waals surface area contributed by atoms with E-state index in [0.717, 1.165) is 28.1 Å². The molecule has 7 nitrogen and oxygen atoms in total. The van der Waals surface area contributed by atoms with Gasteiger partial charge < -0.3 is 0 Å². The van der Waals surface area contributed by atoms with Crippen LogP contribution in [0, 0.1) is 34.6 Å². The van der Waals surface area contributed by atoms with Crippen LogP contribution in [0.5, 0.6) is 0 Å². The maximum absolute atomic E-state index is 12.8. The normalized spacial score (nSPS) is 12.0. The maximum Gasteiger partial charge on any atom is 0.255 e. The molecular weight excluding hydrogens is 338 g/mol. The minimum Gasteiger partial charge on any atom is -0.266 e. The highest BCUT2D eigenvalue weighted by atomic mass is 32.2. The Morgan fingerprint density at radius 3 is 2.28 bits per heavy atom. The van der Waals surface area contributed by atoms with E-state index in [1.807, 2.05) is 39.0 Å². The van der Waals surface area contributed by atoms with Gasteiger partial charge in [0, 0.05) is 11.4 Å². The van der Waals surface area contributed by atoms with E-state index in [0.29, 0.717) is 16.5 Å². The van der Waals surface area contributed by atoms with E-state index in [2.05, 4.69) is 19.9 Å². The molecule has 0 aliphatic carbocycles. The molecule has 25 heavy (non-hydrogen) atoms. The quantitative estimate of drug-likeness (QED) is 0.771. The number of aryl methyl sites for hydroxylation is 5. The number of sulfonamides is 1. The summed E-state index contributed by atoms with van der Waals surface area (Å²) in [7, 11) is -3.66. The summed E-state index contributed by atoms with van der Waals surface area (Å²) in [6.45, 7) is 9.39. The van der Waals surface area contributed by atoms with Crippen molar-refractivity contribution in [3.63, 3.8) is 0 Å². The largest absolute Gasteiger partial charge is 0.266 e. The first-order valence-corrected chi connectivity index (χ1v) is 9.43. The fraction of sp³-hybridized carbons (Fsp3) is 0.353. The number of fused-ring (bicyclic) bond motifs is 1. The van der Waals surface area contributed by atoms with Gasteiger partial charge in [-0.25, -0.2) is 18.1 Å². The molecule has 2 aromatic heterocycles. The second kappa shape index (κ2) is 6.20. The van der Waals surface area contributed by atoms with Crippen molar-refractivity contribution in [3.8, 4) is 0 Å². The Kier molecular flexibility index (Phi) is 4.34. The topological polar surface area (TPSA) is 89.2 Å². The van der Waals surface area contributed by atoms with Crippen molar-refractivity contribution in [1.29, 1.82) is 0 Å². The molecule has 0 saturated carbocycles. The number of hydrogen-bond donors (Lipinski definition) is 1. The standard InChI is InChI=1S/C17H21N5O2S/c1-10-6-11(2)16(12(3)7-10)25(23,24)18-9-15-20-21-17-19-13(4)8-14(5)22(15)17/h6-8,18H,9H2,1-5H3. The molecule has 0 amide bonds. The number of rotatable bonds is 4. The van der Waals surface area contributed by atoms with E-state index in [-0.39, 0.29) is 6.54 Å². The molecule has 0 atom stereocenters. The van der Waals surface area contributed by atoms with Crippen LogP contribution in [0.2, 0.25) is 0 Å². The number of aromatic nitrogens is 4. The third-order valence-electron chi connectivity index (χ3n) is 4.05. The summed E-state index contributed by atoms with van der Waals surface area (Å²) in [5.74, 6) is 0.973. The summed E-state index contributed by atoms with van der Waals surface area (Å²) < 4.78 is 29.9. The van der Waals surface area contributed by atoms with Gasteiger partial charge >= 0.3 is 0 Å². The van der Waals surface area contributed by atoms with Crippen LogP contribution in [-0.4, -0.2) is 28.0 Å². The molecule has 0 saturated heterocycles. The van der Waals surface area contributed by atoms with Crippen LogP contribution in [0.1, 0.15) is 33.9 Å². The highest BCUT2D eigenvalue weighted by molar-refractivity contribution is 7.89. The number of nitrogens with one attached hydrogen (secondary N) is 1. The van der Waals surface area contributed by atoms with Gasteiger partial charge in [0.05, 0.1) is 11.4 Å². The first-order valence-electron chi connectivity index (χ1n) is 7.95. The third-order valence-corrected chi connectivity index (χ3v) is 5.76. The van der Waals surface area contributed by atoms with Gasteiger partial charge in [-0.1, -0.05) is 17.7 Å². The van der Waals surface area contributed by atoms with Crippen LogP contribution < -0.4 is 4.72 Å². The Bertz CT molecular complexity index is 1050. The van der Waals surface area contributed by atoms with Crippen LogP contribution in [0.4, 0.5) is 0 Å². The molecule has 2 heterocycles. The van der Waals surface area contributed by atoms with Crippen molar-refractivity contribution in [2.45, 2.75) is 46.1 Å². The van der Waals surface area contributed by atoms with Crippen LogP contribution in [0.15, 0.2) is 23.1 Å². The lowest BCUT2D eigenvalue weighted by Crippen LogP contribution is -2.26. The van der Waals surface area contributed by atoms with Crippen molar-refractivity contribution in [2.24, 2.45) is 0 Å². The molecular formula is C17H21N5O2S. The van der Waals surface area contributed by atoms with E-state index in [9.17, 15) is 8.42 Å². The van der Waals surface area contributed by atoms with E-state index in [1.165, 1.54) is 0 Å². The van der Waals surface area contributed by atoms with Gasteiger partial charge in [-0.3, -0.25) is 4.40 Å². The van der Waals surface area contributed by atoms with Crippen molar-refractivity contribution in [3.05, 3.63) is 52.1 Å². The minimum atomic E-state index is -3.66. The van der Waals surface area contributed by atoms with Crippen molar-refractivity contribution >= 4 is 15.8 Å². The van der Waals surface area contributed by atoms with Gasteiger partial charge in [0.25, 0.3) is 5.78 Å². The van der Waals surface area contributed by atoms with Gasteiger partial charge in [0.1, 0.15) is 0 Å². The van der Waals surface area contributed by atoms with Crippen LogP contribution >= 0.6 is 0 Å². The molecule has 8 heteroatoms. The lowest BCUT2D eigenvalue weighted by molar-refractivity contribution is 0.577. The van der Waals surface area contributed by atoms with Crippen molar-refractivity contribution < 1.29 is 8.42 Å². The Morgan fingerprint density at radius 2 is 1.64 bits per heavy atom. The van der Waals surface area contributed by atoms with Gasteiger partial charge in [-0.05, 0) is 51.8 Å². The SMILES string of the molecule is Cc1cc(C)c(S(=O)(=O)NCc2nnc3nc(C)cc(C)n23)c(C)c1. The summed E-state index contributed by atoms with van der Waals surface area (Å²) in [5, 5.41) is 8.10. The van der Waals surface area contributed by atoms with E-state index in [1.54, 1.807) is 18.2 Å². The summed E-state index contributed by atoms with van der Waals surface area (Å²) >= 11 is 0. The predicted octanol–water partition coefficient (Wildman–Crippen LogP) is 2.14. The van der Waals surface area contributed by atoms with Crippen molar-refractivity contribution in [1.82, 2.24) is 24.3 Å². The third kappa shape index (κ3) is 3.27. The average Bonchev–Trinajstić information content (AvgIpc) is 2.86. The lowest BCUT2D eigenvalue weighted by Gasteiger charge is -2.13. The zero-order valence-electron chi connectivity index (χ0n) is 15.0. The Morgan fingerprint density at radius 1 is 1.00 bits per heavy atom. The van der Waals surface area contributed by atoms with Crippen LogP contribution in [0.3, 0.4) is 0 Å². The van der Waals surface area contributed by atoms with Gasteiger partial charge in [0.2, 0.25) is 10.0 Å². The summed E-state index contributed by atoms with van der Waals surface area (Å²) in [5.41, 5.74) is 4.24. The molecule has 3 rings (SSSR count). The molecule has 0 bridgehead atoms. The minimum absolute atomic E-state index is 0.0435. The molecule has 0 radical (unpaired) electrons. The fourth-order valence-corrected chi connectivity index (χ4v) is 4.66. The highest BCUT2D eigenvalue weighted by Gasteiger charge is 2.21. The van der Waals surface area contributed by atoms with Gasteiger partial charge in [-0.2, -0.15) is 0 Å². The summed E-state index contributed by atoms with van der Waals surface area (Å²) in [6, 6.07) is 5.64. The molecule has 0 spiro atoms. The molecule has 0 fully saturated rings. The second-order valence-electron chi connectivity index (χ2n) is 6.34. The maximum atomic E-state index is 12.8. The smallest absolute Gasteiger partial charge is 0.255 e. The lowest BCUT2D eigenvalue weighted by atomic mass is 10.1. The molecule has 0 aliphatic rings. The average molecular weight is 359 g/mol. The predicted molar refractivity (Wildman–Crippen MR) is 94.9 cm³/mol. The Labute approximate surface area is 147 Å². The zero-order valence-corrected chi connectivity index (χ0v) is 15.8. The Balaban J connectivity index is 1.94. The molecule has 1 aromatic carbocycles. The molecule has 3 aromatic rings. The van der Waals surface area contributed by atoms with E-state index in [4.69, 9.17) is 0 Å². The number of nitrogens with zero attached hydrogens (tertiary/aromatic N) is 4. The van der Waals surface area contributed by atoms with Gasteiger partial charge in [0.15, 0.2) is 5.82 Å². The zero-order chi connectivity index (χ0) is 18.4. The highest BCUT2D eigenvalue weighted by Crippen LogP contribution is 2.21. The fourth-order valence-electron chi connectivity index (χ4n) is 3.23. The van der Waals surface area contributed by atoms with Crippen molar-refractivity contribution in [2.75, 3.05) is 0 Å². The number of benzene rings is 1. The summed E-state index contributed by atoms with van der Waals surface area (Å²) in [4.78, 5) is 4.63. The van der Waals surface area contributed by atoms with Crippen LogP contribution in [-0.2, 0) is 16.6 Å². The monoisotopic (exact) mass is 359 g/mol. The summed E-state index contributed by atoms with van der Waals surface area (Å²) in [6.07, 6.45) is 0. The molecule has 132 valence electrons. The van der Waals surface area contributed by atoms with E-state index < -0.39 is 10.0 Å². The van der Waals surface area contributed by atoms with E-state index >= 15 is 0 Å². The molecule has 0 aliphatic heterocycles. The first-order chi connectivity index (χ1) is 11.7. The van der Waals surface area contributed by atoms with Crippen LogP contribution in [0.25, 0.3) is 5.78 Å².